The predicted molar refractivity (Wildman–Crippen MR) is 79.4 cm³/mol. The molecule has 0 radical (unpaired) electrons. The third kappa shape index (κ3) is 3.13. The quantitative estimate of drug-likeness (QED) is 0.911. The van der Waals surface area contributed by atoms with Crippen LogP contribution in [-0.4, -0.2) is 38.9 Å². The van der Waals surface area contributed by atoms with E-state index in [1.807, 2.05) is 13.1 Å². The van der Waals surface area contributed by atoms with Gasteiger partial charge in [-0.2, -0.15) is 9.57 Å². The molecule has 1 saturated heterocycles. The maximum absolute atomic E-state index is 12.6. The third-order valence-corrected chi connectivity index (χ3v) is 5.50. The van der Waals surface area contributed by atoms with Gasteiger partial charge in [0.25, 0.3) is 0 Å². The highest BCUT2D eigenvalue weighted by atomic mass is 35.5. The van der Waals surface area contributed by atoms with Crippen molar-refractivity contribution < 1.29 is 8.42 Å². The van der Waals surface area contributed by atoms with Crippen LogP contribution in [0, 0.1) is 18.3 Å². The van der Waals surface area contributed by atoms with E-state index in [-0.39, 0.29) is 23.3 Å². The van der Waals surface area contributed by atoms with E-state index < -0.39 is 10.0 Å². The Morgan fingerprint density at radius 2 is 2.15 bits per heavy atom. The standard InChI is InChI=1S/C13H17N3O2S.ClH/c1-10-3-4-11(8-14)7-13(10)19(17,18)16-6-5-12(9-16)15-2;/h3-4,7,12,15H,5-6,9H2,1-2H3;1H. The summed E-state index contributed by atoms with van der Waals surface area (Å²) in [4.78, 5) is 0.239. The molecule has 1 heterocycles. The Hall–Kier alpha value is -1.13. The fourth-order valence-corrected chi connectivity index (χ4v) is 4.02. The Morgan fingerprint density at radius 1 is 1.45 bits per heavy atom. The second kappa shape index (κ2) is 6.55. The van der Waals surface area contributed by atoms with E-state index in [2.05, 4.69) is 5.32 Å². The topological polar surface area (TPSA) is 73.2 Å². The van der Waals surface area contributed by atoms with Crippen LogP contribution in [0.5, 0.6) is 0 Å². The number of halogens is 1. The number of hydrogen-bond donors (Lipinski definition) is 1. The molecule has 1 aromatic carbocycles. The zero-order chi connectivity index (χ0) is 14.0. The predicted octanol–water partition coefficient (Wildman–Crippen LogP) is 1.27. The Labute approximate surface area is 126 Å². The van der Waals surface area contributed by atoms with Crippen molar-refractivity contribution in [2.75, 3.05) is 20.1 Å². The average molecular weight is 316 g/mol. The monoisotopic (exact) mass is 315 g/mol. The van der Waals surface area contributed by atoms with E-state index in [9.17, 15) is 8.42 Å². The fraction of sp³-hybridized carbons (Fsp3) is 0.462. The molecule has 0 spiro atoms. The molecule has 0 bridgehead atoms. The van der Waals surface area contributed by atoms with Gasteiger partial charge in [-0.3, -0.25) is 0 Å². The van der Waals surface area contributed by atoms with Gasteiger partial charge in [0, 0.05) is 19.1 Å². The van der Waals surface area contributed by atoms with Crippen molar-refractivity contribution in [1.29, 1.82) is 5.26 Å². The SMILES string of the molecule is CNC1CCN(S(=O)(=O)c2cc(C#N)ccc2C)C1.Cl. The Bertz CT molecular complexity index is 625. The Morgan fingerprint density at radius 3 is 2.70 bits per heavy atom. The zero-order valence-corrected chi connectivity index (χ0v) is 13.1. The Kier molecular flexibility index (Phi) is 5.54. The van der Waals surface area contributed by atoms with Gasteiger partial charge in [-0.1, -0.05) is 6.07 Å². The summed E-state index contributed by atoms with van der Waals surface area (Å²) in [6.07, 6.45) is 0.812. The first-order valence-corrected chi connectivity index (χ1v) is 7.61. The van der Waals surface area contributed by atoms with Crippen LogP contribution in [0.2, 0.25) is 0 Å². The lowest BCUT2D eigenvalue weighted by Crippen LogP contribution is -2.33. The lowest BCUT2D eigenvalue weighted by Gasteiger charge is -2.18. The minimum absolute atomic E-state index is 0. The molecule has 2 rings (SSSR count). The van der Waals surface area contributed by atoms with Crippen LogP contribution in [0.1, 0.15) is 17.5 Å². The zero-order valence-electron chi connectivity index (χ0n) is 11.5. The number of aryl methyl sites for hydroxylation is 1. The molecule has 0 aliphatic carbocycles. The number of hydrogen-bond acceptors (Lipinski definition) is 4. The molecule has 1 aromatic rings. The molecule has 0 amide bonds. The number of rotatable bonds is 3. The second-order valence-corrected chi connectivity index (χ2v) is 6.64. The average Bonchev–Trinajstić information content (AvgIpc) is 2.88. The smallest absolute Gasteiger partial charge is 0.243 e. The molecular weight excluding hydrogens is 298 g/mol. The molecule has 0 aromatic heterocycles. The molecule has 110 valence electrons. The van der Waals surface area contributed by atoms with Gasteiger partial charge >= 0.3 is 0 Å². The van der Waals surface area contributed by atoms with Gasteiger partial charge in [0.1, 0.15) is 0 Å². The molecule has 1 unspecified atom stereocenters. The first kappa shape index (κ1) is 16.9. The van der Waals surface area contributed by atoms with Crippen molar-refractivity contribution in [2.24, 2.45) is 0 Å². The van der Waals surface area contributed by atoms with Gasteiger partial charge < -0.3 is 5.32 Å². The summed E-state index contributed by atoms with van der Waals surface area (Å²) in [6, 6.07) is 6.95. The van der Waals surface area contributed by atoms with Gasteiger partial charge in [0.15, 0.2) is 0 Å². The molecule has 20 heavy (non-hydrogen) atoms. The summed E-state index contributed by atoms with van der Waals surface area (Å²) in [5, 5.41) is 12.0. The minimum Gasteiger partial charge on any atom is -0.316 e. The van der Waals surface area contributed by atoms with Crippen LogP contribution in [0.15, 0.2) is 23.1 Å². The maximum atomic E-state index is 12.6. The van der Waals surface area contributed by atoms with Crippen LogP contribution in [0.25, 0.3) is 0 Å². The first-order valence-electron chi connectivity index (χ1n) is 6.17. The van der Waals surface area contributed by atoms with Gasteiger partial charge in [-0.05, 0) is 38.1 Å². The van der Waals surface area contributed by atoms with Gasteiger partial charge in [0.05, 0.1) is 16.5 Å². The molecule has 5 nitrogen and oxygen atoms in total. The van der Waals surface area contributed by atoms with Crippen LogP contribution >= 0.6 is 12.4 Å². The second-order valence-electron chi connectivity index (χ2n) is 4.73. The lowest BCUT2D eigenvalue weighted by atomic mass is 10.2. The van der Waals surface area contributed by atoms with Crippen molar-refractivity contribution in [1.82, 2.24) is 9.62 Å². The normalized spacial score (nSPS) is 19.4. The number of nitrogens with zero attached hydrogens (tertiary/aromatic N) is 2. The van der Waals surface area contributed by atoms with Crippen molar-refractivity contribution in [2.45, 2.75) is 24.3 Å². The molecule has 1 aliphatic heterocycles. The molecule has 7 heteroatoms. The summed E-state index contributed by atoms with van der Waals surface area (Å²) < 4.78 is 26.6. The van der Waals surface area contributed by atoms with Crippen molar-refractivity contribution >= 4 is 22.4 Å². The summed E-state index contributed by atoms with van der Waals surface area (Å²) in [5.41, 5.74) is 1.04. The van der Waals surface area contributed by atoms with Gasteiger partial charge in [-0.25, -0.2) is 8.42 Å². The van der Waals surface area contributed by atoms with Crippen molar-refractivity contribution in [3.05, 3.63) is 29.3 Å². The van der Waals surface area contributed by atoms with Crippen molar-refractivity contribution in [3.8, 4) is 6.07 Å². The van der Waals surface area contributed by atoms with Gasteiger partial charge in [-0.15, -0.1) is 12.4 Å². The highest BCUT2D eigenvalue weighted by molar-refractivity contribution is 7.89. The largest absolute Gasteiger partial charge is 0.316 e. The minimum atomic E-state index is -3.50. The van der Waals surface area contributed by atoms with E-state index in [1.165, 1.54) is 10.4 Å². The molecule has 1 fully saturated rings. The van der Waals surface area contributed by atoms with Crippen LogP contribution in [-0.2, 0) is 10.0 Å². The van der Waals surface area contributed by atoms with Crippen LogP contribution < -0.4 is 5.32 Å². The number of likely N-dealkylation sites (N-methyl/N-ethyl adjacent to an activating group) is 1. The summed E-state index contributed by atoms with van der Waals surface area (Å²) >= 11 is 0. The van der Waals surface area contributed by atoms with Gasteiger partial charge in [0.2, 0.25) is 10.0 Å². The van der Waals surface area contributed by atoms with E-state index in [0.717, 1.165) is 6.42 Å². The van der Waals surface area contributed by atoms with E-state index in [1.54, 1.807) is 19.1 Å². The molecule has 1 aliphatic rings. The van der Waals surface area contributed by atoms with E-state index in [4.69, 9.17) is 5.26 Å². The number of nitrogens with one attached hydrogen (secondary N) is 1. The molecule has 1 N–H and O–H groups in total. The first-order chi connectivity index (χ1) is 8.98. The molecular formula is C13H18ClN3O2S. The van der Waals surface area contributed by atoms with E-state index in [0.29, 0.717) is 24.2 Å². The lowest BCUT2D eigenvalue weighted by molar-refractivity contribution is 0.464. The maximum Gasteiger partial charge on any atom is 0.243 e. The summed E-state index contributed by atoms with van der Waals surface area (Å²) in [6.45, 7) is 2.75. The fourth-order valence-electron chi connectivity index (χ4n) is 2.27. The van der Waals surface area contributed by atoms with Crippen LogP contribution in [0.3, 0.4) is 0 Å². The van der Waals surface area contributed by atoms with Crippen LogP contribution in [0.4, 0.5) is 0 Å². The molecule has 1 atom stereocenters. The summed E-state index contributed by atoms with van der Waals surface area (Å²) in [7, 11) is -1.67. The van der Waals surface area contributed by atoms with Crippen molar-refractivity contribution in [3.63, 3.8) is 0 Å². The van der Waals surface area contributed by atoms with E-state index >= 15 is 0 Å². The number of sulfonamides is 1. The molecule has 0 saturated carbocycles. The number of nitriles is 1. The Balaban J connectivity index is 0.00000200. The highest BCUT2D eigenvalue weighted by Crippen LogP contribution is 2.24. The third-order valence-electron chi connectivity index (χ3n) is 3.49. The summed E-state index contributed by atoms with van der Waals surface area (Å²) in [5.74, 6) is 0. The number of benzene rings is 1. The highest BCUT2D eigenvalue weighted by Gasteiger charge is 2.32.